The van der Waals surface area contributed by atoms with E-state index < -0.39 is 0 Å². The number of carbonyl (C=O) groups is 1. The van der Waals surface area contributed by atoms with Gasteiger partial charge in [-0.2, -0.15) is 0 Å². The maximum atomic E-state index is 10.2. The van der Waals surface area contributed by atoms with Crippen LogP contribution in [-0.2, 0) is 4.79 Å². The van der Waals surface area contributed by atoms with Crippen LogP contribution in [0.5, 0.6) is 0 Å². The van der Waals surface area contributed by atoms with Crippen LogP contribution in [0.1, 0.15) is 6.92 Å². The van der Waals surface area contributed by atoms with Crippen molar-refractivity contribution >= 4 is 5.91 Å². The van der Waals surface area contributed by atoms with E-state index in [9.17, 15) is 4.79 Å². The summed E-state index contributed by atoms with van der Waals surface area (Å²) in [4.78, 5) is 10.2. The average Bonchev–Trinajstić information content (AvgIpc) is 1.68. The third-order valence-electron chi connectivity index (χ3n) is 1.21. The van der Waals surface area contributed by atoms with Gasteiger partial charge >= 0.3 is 0 Å². The van der Waals surface area contributed by atoms with E-state index in [1.165, 1.54) is 0 Å². The molecule has 3 nitrogen and oxygen atoms in total. The molecule has 1 saturated heterocycles. The van der Waals surface area contributed by atoms with Gasteiger partial charge in [0, 0.05) is 0 Å². The first-order valence-electron chi connectivity index (χ1n) is 2.28. The first kappa shape index (κ1) is 4.59. The Hall–Kier alpha value is -0.570. The molecule has 1 aliphatic heterocycles. The van der Waals surface area contributed by atoms with Crippen molar-refractivity contribution in [2.75, 3.05) is 0 Å². The molecule has 1 aliphatic rings. The molecule has 2 unspecified atom stereocenters. The highest BCUT2D eigenvalue weighted by Crippen LogP contribution is 1.99. The van der Waals surface area contributed by atoms with Crippen LogP contribution in [0.25, 0.3) is 0 Å². The molecule has 0 spiro atoms. The minimum Gasteiger partial charge on any atom is -0.350 e. The average molecular weight is 100 g/mol. The molecule has 0 aliphatic carbocycles. The van der Waals surface area contributed by atoms with E-state index in [-0.39, 0.29) is 18.0 Å². The van der Waals surface area contributed by atoms with Gasteiger partial charge in [0.25, 0.3) is 0 Å². The maximum absolute atomic E-state index is 10.2. The van der Waals surface area contributed by atoms with Crippen molar-refractivity contribution in [1.29, 1.82) is 0 Å². The zero-order valence-electron chi connectivity index (χ0n) is 4.14. The molecule has 0 aromatic heterocycles. The fraction of sp³-hybridized carbons (Fsp3) is 0.750. The SMILES string of the molecule is CC1NC(=O)C1N. The second-order valence-electron chi connectivity index (χ2n) is 1.82. The molecular weight excluding hydrogens is 92.1 g/mol. The van der Waals surface area contributed by atoms with E-state index in [4.69, 9.17) is 5.73 Å². The Morgan fingerprint density at radius 1 is 1.86 bits per heavy atom. The lowest BCUT2D eigenvalue weighted by atomic mass is 10.0. The van der Waals surface area contributed by atoms with Crippen LogP contribution in [0.15, 0.2) is 0 Å². The van der Waals surface area contributed by atoms with E-state index >= 15 is 0 Å². The number of carbonyl (C=O) groups excluding carboxylic acids is 1. The molecule has 2 atom stereocenters. The van der Waals surface area contributed by atoms with Crippen molar-refractivity contribution in [2.24, 2.45) is 5.73 Å². The topological polar surface area (TPSA) is 55.1 Å². The molecule has 1 heterocycles. The Morgan fingerprint density at radius 2 is 2.43 bits per heavy atom. The van der Waals surface area contributed by atoms with Crippen molar-refractivity contribution < 1.29 is 4.79 Å². The van der Waals surface area contributed by atoms with Gasteiger partial charge in [0.2, 0.25) is 5.91 Å². The summed E-state index contributed by atoms with van der Waals surface area (Å²) in [5.41, 5.74) is 5.25. The van der Waals surface area contributed by atoms with Crippen LogP contribution in [0, 0.1) is 0 Å². The summed E-state index contributed by atoms with van der Waals surface area (Å²) in [5, 5.41) is 2.59. The number of nitrogens with one attached hydrogen (secondary N) is 1. The molecular formula is C4H8N2O. The minimum absolute atomic E-state index is 0.0347. The minimum atomic E-state index is -0.250. The Labute approximate surface area is 41.9 Å². The Kier molecular flexibility index (Phi) is 0.785. The smallest absolute Gasteiger partial charge is 0.239 e. The monoisotopic (exact) mass is 100 g/mol. The molecule has 0 aromatic carbocycles. The normalized spacial score (nSPS) is 39.4. The van der Waals surface area contributed by atoms with E-state index in [2.05, 4.69) is 5.32 Å². The van der Waals surface area contributed by atoms with Crippen molar-refractivity contribution in [2.45, 2.75) is 19.0 Å². The van der Waals surface area contributed by atoms with Gasteiger partial charge in [-0.15, -0.1) is 0 Å². The van der Waals surface area contributed by atoms with E-state index in [0.29, 0.717) is 0 Å². The zero-order chi connectivity index (χ0) is 5.44. The van der Waals surface area contributed by atoms with Gasteiger partial charge in [-0.1, -0.05) is 0 Å². The van der Waals surface area contributed by atoms with Crippen LogP contribution in [0.4, 0.5) is 0 Å². The highest BCUT2D eigenvalue weighted by Gasteiger charge is 2.31. The van der Waals surface area contributed by atoms with E-state index in [0.717, 1.165) is 0 Å². The number of hydrogen-bond acceptors (Lipinski definition) is 2. The summed E-state index contributed by atoms with van der Waals surface area (Å²) in [6.07, 6.45) is 0. The van der Waals surface area contributed by atoms with Crippen molar-refractivity contribution in [3.63, 3.8) is 0 Å². The lowest BCUT2D eigenvalue weighted by molar-refractivity contribution is -0.129. The van der Waals surface area contributed by atoms with Gasteiger partial charge in [-0.25, -0.2) is 0 Å². The fourth-order valence-corrected chi connectivity index (χ4v) is 0.541. The standard InChI is InChI=1S/C4H8N2O/c1-2-3(5)4(7)6-2/h2-3H,5H2,1H3,(H,6,7). The van der Waals surface area contributed by atoms with E-state index in [1.807, 2.05) is 6.92 Å². The van der Waals surface area contributed by atoms with Crippen LogP contribution in [-0.4, -0.2) is 18.0 Å². The molecule has 1 rings (SSSR count). The van der Waals surface area contributed by atoms with Crippen LogP contribution in [0.2, 0.25) is 0 Å². The fourth-order valence-electron chi connectivity index (χ4n) is 0.541. The first-order valence-corrected chi connectivity index (χ1v) is 2.28. The third kappa shape index (κ3) is 0.489. The highest BCUT2D eigenvalue weighted by molar-refractivity contribution is 5.88. The van der Waals surface area contributed by atoms with Gasteiger partial charge in [-0.3, -0.25) is 4.79 Å². The van der Waals surface area contributed by atoms with Gasteiger partial charge in [-0.05, 0) is 6.92 Å². The van der Waals surface area contributed by atoms with Crippen LogP contribution < -0.4 is 11.1 Å². The molecule has 3 N–H and O–H groups in total. The quantitative estimate of drug-likeness (QED) is 0.377. The highest BCUT2D eigenvalue weighted by atomic mass is 16.2. The predicted octanol–water partition coefficient (Wildman–Crippen LogP) is -1.17. The summed E-state index contributed by atoms with van der Waals surface area (Å²) in [6, 6.07) is -0.0625. The molecule has 0 radical (unpaired) electrons. The van der Waals surface area contributed by atoms with Gasteiger partial charge in [0.1, 0.15) is 6.04 Å². The number of hydrogen-bond donors (Lipinski definition) is 2. The summed E-state index contributed by atoms with van der Waals surface area (Å²) in [5.74, 6) is -0.0347. The second-order valence-corrected chi connectivity index (χ2v) is 1.82. The van der Waals surface area contributed by atoms with Crippen molar-refractivity contribution in [3.8, 4) is 0 Å². The summed E-state index contributed by atoms with van der Waals surface area (Å²) < 4.78 is 0. The van der Waals surface area contributed by atoms with Gasteiger partial charge < -0.3 is 11.1 Å². The van der Waals surface area contributed by atoms with Crippen LogP contribution in [0.3, 0.4) is 0 Å². The van der Waals surface area contributed by atoms with Gasteiger partial charge in [0.05, 0.1) is 6.04 Å². The predicted molar refractivity (Wildman–Crippen MR) is 25.6 cm³/mol. The maximum Gasteiger partial charge on any atom is 0.239 e. The van der Waals surface area contributed by atoms with Gasteiger partial charge in [0.15, 0.2) is 0 Å². The second kappa shape index (κ2) is 1.20. The first-order chi connectivity index (χ1) is 3.22. The summed E-state index contributed by atoms with van der Waals surface area (Å²) >= 11 is 0. The molecule has 0 bridgehead atoms. The molecule has 7 heavy (non-hydrogen) atoms. The Balaban J connectivity index is 2.43. The number of β-lactam (4-membered cyclic amide) rings is 1. The molecule has 40 valence electrons. The molecule has 0 saturated carbocycles. The molecule has 3 heteroatoms. The third-order valence-corrected chi connectivity index (χ3v) is 1.21. The number of amides is 1. The lowest BCUT2D eigenvalue weighted by Crippen LogP contribution is -2.65. The van der Waals surface area contributed by atoms with Crippen LogP contribution >= 0.6 is 0 Å². The van der Waals surface area contributed by atoms with Crippen molar-refractivity contribution in [3.05, 3.63) is 0 Å². The zero-order valence-corrected chi connectivity index (χ0v) is 4.14. The molecule has 0 aromatic rings. The molecule has 1 fully saturated rings. The Morgan fingerprint density at radius 3 is 2.43 bits per heavy atom. The van der Waals surface area contributed by atoms with E-state index in [1.54, 1.807) is 0 Å². The Bertz CT molecular complexity index is 102. The molecule has 1 amide bonds. The number of rotatable bonds is 0. The van der Waals surface area contributed by atoms with Crippen molar-refractivity contribution in [1.82, 2.24) is 5.32 Å². The summed E-state index contributed by atoms with van der Waals surface area (Å²) in [6.45, 7) is 1.88. The summed E-state index contributed by atoms with van der Waals surface area (Å²) in [7, 11) is 0. The lowest BCUT2D eigenvalue weighted by Gasteiger charge is -2.30. The number of nitrogens with two attached hydrogens (primary N) is 1. The largest absolute Gasteiger partial charge is 0.350 e.